The van der Waals surface area contributed by atoms with Gasteiger partial charge in [0.1, 0.15) is 0 Å². The number of nitrogens with one attached hydrogen (secondary N) is 1. The zero-order valence-corrected chi connectivity index (χ0v) is 9.99. The number of benzene rings is 1. The average molecular weight is 219 g/mol. The van der Waals surface area contributed by atoms with Crippen molar-refractivity contribution in [1.29, 1.82) is 0 Å². The van der Waals surface area contributed by atoms with E-state index >= 15 is 0 Å². The lowest BCUT2D eigenvalue weighted by atomic mass is 10.0. The van der Waals surface area contributed by atoms with Crippen LogP contribution in [0.3, 0.4) is 0 Å². The highest BCUT2D eigenvalue weighted by Gasteiger charge is 2.15. The lowest BCUT2D eigenvalue weighted by Gasteiger charge is -2.15. The van der Waals surface area contributed by atoms with Gasteiger partial charge >= 0.3 is 0 Å². The van der Waals surface area contributed by atoms with Crippen molar-refractivity contribution in [3.63, 3.8) is 0 Å². The maximum atomic E-state index is 5.65. The molecule has 1 aromatic rings. The molecule has 1 atom stereocenters. The fraction of sp³-hybridized carbons (Fsp3) is 0.571. The molecule has 1 aromatic carbocycles. The molecule has 1 fully saturated rings. The largest absolute Gasteiger partial charge is 0.298 e. The van der Waals surface area contributed by atoms with Crippen LogP contribution in [-0.2, 0) is 4.84 Å². The molecular formula is C14H21NO. The minimum Gasteiger partial charge on any atom is -0.298 e. The van der Waals surface area contributed by atoms with E-state index in [0.717, 1.165) is 6.54 Å². The standard InChI is InChI=1S/C14H21NO/c1-12(13-7-3-2-4-8-13)11-15-16-14-9-5-6-10-14/h2-4,7-8,12,14-15H,5-6,9-11H2,1H3. The topological polar surface area (TPSA) is 21.3 Å². The number of hydrogen-bond donors (Lipinski definition) is 1. The summed E-state index contributed by atoms with van der Waals surface area (Å²) in [6, 6.07) is 10.6. The van der Waals surface area contributed by atoms with Gasteiger partial charge in [-0.2, -0.15) is 0 Å². The van der Waals surface area contributed by atoms with Crippen LogP contribution in [0.2, 0.25) is 0 Å². The minimum absolute atomic E-state index is 0.447. The normalized spacial score (nSPS) is 18.8. The van der Waals surface area contributed by atoms with Crippen molar-refractivity contribution in [2.24, 2.45) is 0 Å². The van der Waals surface area contributed by atoms with Gasteiger partial charge in [-0.3, -0.25) is 4.84 Å². The Bertz CT molecular complexity index is 293. The molecule has 0 heterocycles. The van der Waals surface area contributed by atoms with Gasteiger partial charge in [0.2, 0.25) is 0 Å². The van der Waals surface area contributed by atoms with Crippen LogP contribution >= 0.6 is 0 Å². The molecule has 1 N–H and O–H groups in total. The molecule has 2 heteroatoms. The van der Waals surface area contributed by atoms with E-state index in [2.05, 4.69) is 42.7 Å². The lowest BCUT2D eigenvalue weighted by Crippen LogP contribution is -2.25. The molecule has 1 unspecified atom stereocenters. The molecule has 1 aliphatic rings. The maximum Gasteiger partial charge on any atom is 0.0790 e. The predicted molar refractivity (Wildman–Crippen MR) is 66.2 cm³/mol. The van der Waals surface area contributed by atoms with Crippen LogP contribution in [0.5, 0.6) is 0 Å². The Morgan fingerprint density at radius 1 is 1.25 bits per heavy atom. The second-order valence-electron chi connectivity index (χ2n) is 4.68. The minimum atomic E-state index is 0.447. The first-order chi connectivity index (χ1) is 7.86. The summed E-state index contributed by atoms with van der Waals surface area (Å²) in [5, 5.41) is 0. The Hall–Kier alpha value is -0.860. The zero-order chi connectivity index (χ0) is 11.2. The van der Waals surface area contributed by atoms with Gasteiger partial charge in [-0.05, 0) is 24.3 Å². The summed E-state index contributed by atoms with van der Waals surface area (Å²) >= 11 is 0. The lowest BCUT2D eigenvalue weighted by molar-refractivity contribution is -0.0223. The molecule has 1 aliphatic carbocycles. The molecule has 0 spiro atoms. The van der Waals surface area contributed by atoms with Gasteiger partial charge in [0.05, 0.1) is 6.10 Å². The Balaban J connectivity index is 1.69. The maximum absolute atomic E-state index is 5.65. The summed E-state index contributed by atoms with van der Waals surface area (Å²) in [7, 11) is 0. The first-order valence-corrected chi connectivity index (χ1v) is 6.29. The van der Waals surface area contributed by atoms with Gasteiger partial charge in [-0.25, -0.2) is 5.48 Å². The fourth-order valence-electron chi connectivity index (χ4n) is 2.20. The molecule has 0 radical (unpaired) electrons. The fourth-order valence-corrected chi connectivity index (χ4v) is 2.20. The van der Waals surface area contributed by atoms with Crippen LogP contribution in [0.4, 0.5) is 0 Å². The highest BCUT2D eigenvalue weighted by molar-refractivity contribution is 5.18. The molecule has 0 amide bonds. The summed E-state index contributed by atoms with van der Waals surface area (Å²) in [5.74, 6) is 0.502. The predicted octanol–water partition coefficient (Wildman–Crippen LogP) is 3.25. The monoisotopic (exact) mass is 219 g/mol. The smallest absolute Gasteiger partial charge is 0.0790 e. The van der Waals surface area contributed by atoms with Gasteiger partial charge in [0.25, 0.3) is 0 Å². The first-order valence-electron chi connectivity index (χ1n) is 6.29. The van der Waals surface area contributed by atoms with E-state index in [-0.39, 0.29) is 0 Å². The van der Waals surface area contributed by atoms with Crippen molar-refractivity contribution in [3.8, 4) is 0 Å². The molecule has 88 valence electrons. The molecule has 16 heavy (non-hydrogen) atoms. The highest BCUT2D eigenvalue weighted by atomic mass is 16.7. The third-order valence-electron chi connectivity index (χ3n) is 3.31. The summed E-state index contributed by atoms with van der Waals surface area (Å²) in [5.41, 5.74) is 4.49. The van der Waals surface area contributed by atoms with E-state index in [0.29, 0.717) is 12.0 Å². The van der Waals surface area contributed by atoms with E-state index in [9.17, 15) is 0 Å². The van der Waals surface area contributed by atoms with Crippen LogP contribution in [0, 0.1) is 0 Å². The summed E-state index contributed by atoms with van der Waals surface area (Å²) in [6.07, 6.45) is 5.52. The molecule has 0 aliphatic heterocycles. The van der Waals surface area contributed by atoms with Crippen LogP contribution in [0.15, 0.2) is 30.3 Å². The first kappa shape index (κ1) is 11.6. The van der Waals surface area contributed by atoms with Gasteiger partial charge in [-0.1, -0.05) is 50.1 Å². The molecule has 0 aromatic heterocycles. The van der Waals surface area contributed by atoms with E-state index < -0.39 is 0 Å². The molecule has 2 nitrogen and oxygen atoms in total. The quantitative estimate of drug-likeness (QED) is 0.767. The van der Waals surface area contributed by atoms with E-state index in [1.54, 1.807) is 0 Å². The van der Waals surface area contributed by atoms with Crippen molar-refractivity contribution in [3.05, 3.63) is 35.9 Å². The Morgan fingerprint density at radius 2 is 1.94 bits per heavy atom. The van der Waals surface area contributed by atoms with Crippen molar-refractivity contribution < 1.29 is 4.84 Å². The zero-order valence-electron chi connectivity index (χ0n) is 9.99. The van der Waals surface area contributed by atoms with Crippen LogP contribution in [-0.4, -0.2) is 12.6 Å². The number of rotatable bonds is 5. The Morgan fingerprint density at radius 3 is 2.62 bits per heavy atom. The molecule has 0 saturated heterocycles. The summed E-state index contributed by atoms with van der Waals surface area (Å²) in [6.45, 7) is 3.11. The second-order valence-corrected chi connectivity index (χ2v) is 4.68. The summed E-state index contributed by atoms with van der Waals surface area (Å²) in [4.78, 5) is 5.65. The third-order valence-corrected chi connectivity index (χ3v) is 3.31. The van der Waals surface area contributed by atoms with E-state index in [4.69, 9.17) is 4.84 Å². The summed E-state index contributed by atoms with van der Waals surface area (Å²) < 4.78 is 0. The number of hydroxylamine groups is 1. The second kappa shape index (κ2) is 6.02. The highest BCUT2D eigenvalue weighted by Crippen LogP contribution is 2.20. The van der Waals surface area contributed by atoms with Crippen LogP contribution in [0.1, 0.15) is 44.1 Å². The average Bonchev–Trinajstić information content (AvgIpc) is 2.83. The van der Waals surface area contributed by atoms with Crippen molar-refractivity contribution >= 4 is 0 Å². The van der Waals surface area contributed by atoms with Gasteiger partial charge in [0, 0.05) is 6.54 Å². The molecular weight excluding hydrogens is 198 g/mol. The molecule has 0 bridgehead atoms. The molecule has 2 rings (SSSR count). The molecule has 1 saturated carbocycles. The number of hydrogen-bond acceptors (Lipinski definition) is 2. The van der Waals surface area contributed by atoms with E-state index in [1.165, 1.54) is 31.2 Å². The van der Waals surface area contributed by atoms with E-state index in [1.807, 2.05) is 0 Å². The Kier molecular flexibility index (Phi) is 4.37. The Labute approximate surface area is 98.0 Å². The van der Waals surface area contributed by atoms with Crippen molar-refractivity contribution in [1.82, 2.24) is 5.48 Å². The van der Waals surface area contributed by atoms with Crippen molar-refractivity contribution in [2.45, 2.75) is 44.6 Å². The van der Waals surface area contributed by atoms with Gasteiger partial charge < -0.3 is 0 Å². The van der Waals surface area contributed by atoms with Crippen LogP contribution < -0.4 is 5.48 Å². The third kappa shape index (κ3) is 3.32. The van der Waals surface area contributed by atoms with Gasteiger partial charge in [0.15, 0.2) is 0 Å². The SMILES string of the molecule is CC(CNOC1CCCC1)c1ccccc1. The van der Waals surface area contributed by atoms with Gasteiger partial charge in [-0.15, -0.1) is 0 Å². The van der Waals surface area contributed by atoms with Crippen molar-refractivity contribution in [2.75, 3.05) is 6.54 Å². The van der Waals surface area contributed by atoms with Crippen LogP contribution in [0.25, 0.3) is 0 Å².